The van der Waals surface area contributed by atoms with Gasteiger partial charge in [0.15, 0.2) is 0 Å². The fourth-order valence-corrected chi connectivity index (χ4v) is 2.10. The Balaban J connectivity index is 0.00000144. The van der Waals surface area contributed by atoms with Crippen molar-refractivity contribution in [2.45, 2.75) is 6.92 Å². The molecule has 17 heavy (non-hydrogen) atoms. The predicted molar refractivity (Wildman–Crippen MR) is 70.8 cm³/mol. The number of nitrogens with zero attached hydrogens (tertiary/aromatic N) is 1. The molecular weight excluding hydrogens is 258 g/mol. The fourth-order valence-electron chi connectivity index (χ4n) is 1.28. The van der Waals surface area contributed by atoms with Crippen LogP contribution < -0.4 is 0 Å². The van der Waals surface area contributed by atoms with Crippen molar-refractivity contribution in [1.82, 2.24) is 4.98 Å². The van der Waals surface area contributed by atoms with E-state index in [0.29, 0.717) is 11.5 Å². The standard InChI is InChI=1S/C12H11NO2S.ClH/c1-2-15-12(14)10-8-13-11(16-10)9-6-4-3-5-7-9;/h3-8H,2H2,1H3;1H. The van der Waals surface area contributed by atoms with E-state index in [4.69, 9.17) is 4.74 Å². The number of halogens is 1. The van der Waals surface area contributed by atoms with Crippen LogP contribution in [0.2, 0.25) is 0 Å². The molecule has 0 fully saturated rings. The molecule has 0 saturated heterocycles. The van der Waals surface area contributed by atoms with Crippen LogP contribution in [-0.4, -0.2) is 17.6 Å². The van der Waals surface area contributed by atoms with Crippen molar-refractivity contribution in [2.24, 2.45) is 0 Å². The third-order valence-corrected chi connectivity index (χ3v) is 3.03. The number of hydrogen-bond donors (Lipinski definition) is 0. The van der Waals surface area contributed by atoms with E-state index in [9.17, 15) is 4.79 Å². The minimum Gasteiger partial charge on any atom is -0.462 e. The first-order chi connectivity index (χ1) is 7.81. The van der Waals surface area contributed by atoms with Gasteiger partial charge in [-0.05, 0) is 6.92 Å². The van der Waals surface area contributed by atoms with Crippen molar-refractivity contribution >= 4 is 29.7 Å². The Morgan fingerprint density at radius 2 is 2.06 bits per heavy atom. The fraction of sp³-hybridized carbons (Fsp3) is 0.167. The largest absolute Gasteiger partial charge is 0.462 e. The van der Waals surface area contributed by atoms with Gasteiger partial charge in [-0.2, -0.15) is 0 Å². The van der Waals surface area contributed by atoms with E-state index in [1.807, 2.05) is 30.3 Å². The third kappa shape index (κ3) is 3.28. The Morgan fingerprint density at radius 1 is 1.35 bits per heavy atom. The van der Waals surface area contributed by atoms with Crippen molar-refractivity contribution < 1.29 is 9.53 Å². The van der Waals surface area contributed by atoms with Gasteiger partial charge in [0, 0.05) is 5.56 Å². The van der Waals surface area contributed by atoms with Crippen molar-refractivity contribution in [3.05, 3.63) is 41.4 Å². The molecule has 0 unspecified atom stereocenters. The molecule has 0 aliphatic heterocycles. The van der Waals surface area contributed by atoms with Gasteiger partial charge in [-0.15, -0.1) is 23.7 Å². The summed E-state index contributed by atoms with van der Waals surface area (Å²) in [5.74, 6) is -0.304. The highest BCUT2D eigenvalue weighted by Gasteiger charge is 2.11. The minimum atomic E-state index is -0.304. The van der Waals surface area contributed by atoms with Crippen LogP contribution in [0.4, 0.5) is 0 Å². The molecule has 0 aliphatic rings. The van der Waals surface area contributed by atoms with Crippen molar-refractivity contribution in [3.63, 3.8) is 0 Å². The first-order valence-corrected chi connectivity index (χ1v) is 5.81. The maximum Gasteiger partial charge on any atom is 0.349 e. The molecule has 2 aromatic rings. The summed E-state index contributed by atoms with van der Waals surface area (Å²) in [6.45, 7) is 2.18. The summed E-state index contributed by atoms with van der Waals surface area (Å²) in [6.07, 6.45) is 1.56. The second-order valence-electron chi connectivity index (χ2n) is 3.12. The molecule has 5 heteroatoms. The normalized spacial score (nSPS) is 9.47. The molecule has 1 aromatic carbocycles. The third-order valence-electron chi connectivity index (χ3n) is 2.00. The number of thiazole rings is 1. The Bertz CT molecular complexity index is 484. The molecule has 90 valence electrons. The van der Waals surface area contributed by atoms with E-state index in [0.717, 1.165) is 10.6 Å². The highest BCUT2D eigenvalue weighted by molar-refractivity contribution is 7.16. The van der Waals surface area contributed by atoms with Crippen LogP contribution in [0.1, 0.15) is 16.6 Å². The van der Waals surface area contributed by atoms with E-state index < -0.39 is 0 Å². The van der Waals surface area contributed by atoms with Crippen LogP contribution in [0.15, 0.2) is 36.5 Å². The molecule has 2 rings (SSSR count). The second kappa shape index (κ2) is 6.37. The lowest BCUT2D eigenvalue weighted by Crippen LogP contribution is -2.01. The van der Waals surface area contributed by atoms with Gasteiger partial charge < -0.3 is 4.74 Å². The summed E-state index contributed by atoms with van der Waals surface area (Å²) < 4.78 is 4.91. The number of carbonyl (C=O) groups is 1. The number of hydrogen-bond acceptors (Lipinski definition) is 4. The monoisotopic (exact) mass is 269 g/mol. The molecule has 1 aromatic heterocycles. The number of aromatic nitrogens is 1. The van der Waals surface area contributed by atoms with Gasteiger partial charge >= 0.3 is 5.97 Å². The van der Waals surface area contributed by atoms with Crippen molar-refractivity contribution in [1.29, 1.82) is 0 Å². The highest BCUT2D eigenvalue weighted by atomic mass is 35.5. The number of benzene rings is 1. The van der Waals surface area contributed by atoms with Gasteiger partial charge in [-0.25, -0.2) is 9.78 Å². The summed E-state index contributed by atoms with van der Waals surface area (Å²) in [7, 11) is 0. The van der Waals surface area contributed by atoms with Gasteiger partial charge in [0.25, 0.3) is 0 Å². The highest BCUT2D eigenvalue weighted by Crippen LogP contribution is 2.25. The van der Waals surface area contributed by atoms with E-state index in [1.165, 1.54) is 11.3 Å². The predicted octanol–water partition coefficient (Wildman–Crippen LogP) is 3.41. The zero-order chi connectivity index (χ0) is 11.4. The molecule has 0 saturated carbocycles. The van der Waals surface area contributed by atoms with Gasteiger partial charge in [0.05, 0.1) is 12.8 Å². The minimum absolute atomic E-state index is 0. The topological polar surface area (TPSA) is 39.2 Å². The number of carbonyl (C=O) groups excluding carboxylic acids is 1. The maximum atomic E-state index is 11.4. The summed E-state index contributed by atoms with van der Waals surface area (Å²) in [5.41, 5.74) is 1.02. The number of ether oxygens (including phenoxy) is 1. The van der Waals surface area contributed by atoms with Gasteiger partial charge in [-0.3, -0.25) is 0 Å². The van der Waals surface area contributed by atoms with Crippen LogP contribution in [0.3, 0.4) is 0 Å². The Hall–Kier alpha value is -1.39. The summed E-state index contributed by atoms with van der Waals surface area (Å²) >= 11 is 1.35. The lowest BCUT2D eigenvalue weighted by atomic mass is 10.2. The Labute approximate surface area is 110 Å². The Kier molecular flexibility index (Phi) is 5.12. The quantitative estimate of drug-likeness (QED) is 0.802. The first kappa shape index (κ1) is 13.7. The molecule has 0 aliphatic carbocycles. The lowest BCUT2D eigenvalue weighted by Gasteiger charge is -1.96. The zero-order valence-corrected chi connectivity index (χ0v) is 10.9. The molecule has 0 spiro atoms. The summed E-state index contributed by atoms with van der Waals surface area (Å²) in [5, 5.41) is 0.837. The van der Waals surface area contributed by atoms with Gasteiger partial charge in [0.2, 0.25) is 0 Å². The van der Waals surface area contributed by atoms with Crippen molar-refractivity contribution in [2.75, 3.05) is 6.61 Å². The van der Waals surface area contributed by atoms with Crippen molar-refractivity contribution in [3.8, 4) is 10.6 Å². The molecule has 3 nitrogen and oxygen atoms in total. The average Bonchev–Trinajstić information content (AvgIpc) is 2.80. The summed E-state index contributed by atoms with van der Waals surface area (Å²) in [6, 6.07) is 9.77. The molecule has 0 amide bonds. The lowest BCUT2D eigenvalue weighted by molar-refractivity contribution is 0.0532. The van der Waals surface area contributed by atoms with E-state index in [1.54, 1.807) is 13.1 Å². The van der Waals surface area contributed by atoms with E-state index in [2.05, 4.69) is 4.98 Å². The number of rotatable bonds is 3. The molecular formula is C12H12ClNO2S. The SMILES string of the molecule is CCOC(=O)c1cnc(-c2ccccc2)s1.Cl. The molecule has 0 radical (unpaired) electrons. The van der Waals surface area contributed by atoms with Crippen LogP contribution in [0, 0.1) is 0 Å². The van der Waals surface area contributed by atoms with Crippen LogP contribution in [0.25, 0.3) is 10.6 Å². The second-order valence-corrected chi connectivity index (χ2v) is 4.15. The van der Waals surface area contributed by atoms with E-state index >= 15 is 0 Å². The zero-order valence-electron chi connectivity index (χ0n) is 9.25. The van der Waals surface area contributed by atoms with E-state index in [-0.39, 0.29) is 18.4 Å². The smallest absolute Gasteiger partial charge is 0.349 e. The Morgan fingerprint density at radius 3 is 2.71 bits per heavy atom. The first-order valence-electron chi connectivity index (χ1n) is 4.99. The summed E-state index contributed by atoms with van der Waals surface area (Å²) in [4.78, 5) is 16.2. The molecule has 0 N–H and O–H groups in total. The number of esters is 1. The molecule has 0 atom stereocenters. The van der Waals surface area contributed by atoms with Crippen LogP contribution in [-0.2, 0) is 4.74 Å². The van der Waals surface area contributed by atoms with Gasteiger partial charge in [0.1, 0.15) is 9.88 Å². The molecule has 1 heterocycles. The van der Waals surface area contributed by atoms with Crippen LogP contribution in [0.5, 0.6) is 0 Å². The van der Waals surface area contributed by atoms with Crippen LogP contribution >= 0.6 is 23.7 Å². The van der Waals surface area contributed by atoms with Gasteiger partial charge in [-0.1, -0.05) is 30.3 Å². The molecule has 0 bridgehead atoms. The maximum absolute atomic E-state index is 11.4. The average molecular weight is 270 g/mol.